The predicted molar refractivity (Wildman–Crippen MR) is 82.8 cm³/mol. The number of ether oxygens (including phenoxy) is 2. The fourth-order valence-electron chi connectivity index (χ4n) is 1.72. The molecule has 128 valence electrons. The Hall–Kier alpha value is -2.13. The Kier molecular flexibility index (Phi) is 6.52. The summed E-state index contributed by atoms with van der Waals surface area (Å²) in [5.74, 6) is -1.15. The molecule has 0 aliphatic heterocycles. The van der Waals surface area contributed by atoms with E-state index in [4.69, 9.17) is 9.47 Å². The van der Waals surface area contributed by atoms with Crippen molar-refractivity contribution in [2.75, 3.05) is 20.7 Å². The van der Waals surface area contributed by atoms with Crippen LogP contribution in [0.4, 0.5) is 0 Å². The van der Waals surface area contributed by atoms with Crippen LogP contribution in [0.3, 0.4) is 0 Å². The highest BCUT2D eigenvalue weighted by Gasteiger charge is 2.23. The van der Waals surface area contributed by atoms with Crippen LogP contribution in [-0.4, -0.2) is 47.1 Å². The van der Waals surface area contributed by atoms with Gasteiger partial charge in [0.15, 0.2) is 6.10 Å². The second-order valence-corrected chi connectivity index (χ2v) is 6.37. The molecule has 23 heavy (non-hydrogen) atoms. The maximum atomic E-state index is 12.1. The Balaban J connectivity index is 3.08. The van der Waals surface area contributed by atoms with Gasteiger partial charge < -0.3 is 14.8 Å². The van der Waals surface area contributed by atoms with E-state index < -0.39 is 28.0 Å². The van der Waals surface area contributed by atoms with Crippen LogP contribution in [0.1, 0.15) is 24.2 Å². The third kappa shape index (κ3) is 4.67. The molecule has 0 unspecified atom stereocenters. The Morgan fingerprint density at radius 3 is 2.48 bits per heavy atom. The number of rotatable bonds is 7. The van der Waals surface area contributed by atoms with Gasteiger partial charge in [-0.05, 0) is 39.1 Å². The standard InChI is InChI=1S/C14H20N2O6S/c1-5-16-13(17)9(2)22-14(18)10-6-7-11(21-4)12(8-10)23(19,20)15-3/h6-9,15H,5H2,1-4H3,(H,16,17)/t9-/m0/s1. The summed E-state index contributed by atoms with van der Waals surface area (Å²) < 4.78 is 36.1. The predicted octanol–water partition coefficient (Wildman–Crippen LogP) is 0.285. The maximum Gasteiger partial charge on any atom is 0.338 e. The minimum Gasteiger partial charge on any atom is -0.495 e. The first-order valence-electron chi connectivity index (χ1n) is 6.87. The molecule has 2 N–H and O–H groups in total. The number of amides is 1. The number of hydrogen-bond donors (Lipinski definition) is 2. The van der Waals surface area contributed by atoms with Gasteiger partial charge in [-0.2, -0.15) is 0 Å². The van der Waals surface area contributed by atoms with E-state index in [1.165, 1.54) is 33.2 Å². The topological polar surface area (TPSA) is 111 Å². The van der Waals surface area contributed by atoms with E-state index in [1.54, 1.807) is 6.92 Å². The van der Waals surface area contributed by atoms with Crippen molar-refractivity contribution >= 4 is 21.9 Å². The minimum atomic E-state index is -3.81. The first-order valence-corrected chi connectivity index (χ1v) is 8.35. The maximum absolute atomic E-state index is 12.1. The molecular formula is C14H20N2O6S. The summed E-state index contributed by atoms with van der Waals surface area (Å²) >= 11 is 0. The SMILES string of the molecule is CCNC(=O)[C@H](C)OC(=O)c1ccc(OC)c(S(=O)(=O)NC)c1. The van der Waals surface area contributed by atoms with E-state index in [1.807, 2.05) is 0 Å². The molecule has 0 aromatic heterocycles. The lowest BCUT2D eigenvalue weighted by molar-refractivity contribution is -0.128. The van der Waals surface area contributed by atoms with Gasteiger partial charge in [-0.25, -0.2) is 17.9 Å². The fraction of sp³-hybridized carbons (Fsp3) is 0.429. The van der Waals surface area contributed by atoms with E-state index in [9.17, 15) is 18.0 Å². The molecular weight excluding hydrogens is 324 g/mol. The average molecular weight is 344 g/mol. The van der Waals surface area contributed by atoms with Gasteiger partial charge in [-0.3, -0.25) is 4.79 Å². The van der Waals surface area contributed by atoms with E-state index in [2.05, 4.69) is 10.0 Å². The zero-order valence-electron chi connectivity index (χ0n) is 13.4. The number of hydrogen-bond acceptors (Lipinski definition) is 6. The van der Waals surface area contributed by atoms with Crippen LogP contribution < -0.4 is 14.8 Å². The van der Waals surface area contributed by atoms with Gasteiger partial charge in [-0.15, -0.1) is 0 Å². The minimum absolute atomic E-state index is 0.00391. The Morgan fingerprint density at radius 2 is 1.96 bits per heavy atom. The zero-order valence-corrected chi connectivity index (χ0v) is 14.2. The van der Waals surface area contributed by atoms with E-state index >= 15 is 0 Å². The van der Waals surface area contributed by atoms with Gasteiger partial charge in [0.25, 0.3) is 5.91 Å². The highest BCUT2D eigenvalue weighted by molar-refractivity contribution is 7.89. The van der Waals surface area contributed by atoms with Crippen molar-refractivity contribution in [3.8, 4) is 5.75 Å². The summed E-state index contributed by atoms with van der Waals surface area (Å²) in [4.78, 5) is 23.4. The van der Waals surface area contributed by atoms with Crippen molar-refractivity contribution in [3.05, 3.63) is 23.8 Å². The van der Waals surface area contributed by atoms with Gasteiger partial charge in [0, 0.05) is 6.54 Å². The number of carbonyl (C=O) groups is 2. The summed E-state index contributed by atoms with van der Waals surface area (Å²) in [7, 11) is -1.25. The molecule has 1 rings (SSSR count). The number of methoxy groups -OCH3 is 1. The van der Waals surface area contributed by atoms with Crippen molar-refractivity contribution in [2.24, 2.45) is 0 Å². The van der Waals surface area contributed by atoms with E-state index in [0.717, 1.165) is 6.07 Å². The molecule has 0 saturated carbocycles. The zero-order chi connectivity index (χ0) is 17.6. The molecule has 0 fully saturated rings. The van der Waals surface area contributed by atoms with Crippen LogP contribution in [0, 0.1) is 0 Å². The quantitative estimate of drug-likeness (QED) is 0.688. The molecule has 0 saturated heterocycles. The molecule has 8 nitrogen and oxygen atoms in total. The average Bonchev–Trinajstić information content (AvgIpc) is 2.54. The smallest absolute Gasteiger partial charge is 0.338 e. The molecule has 0 aliphatic rings. The van der Waals surface area contributed by atoms with Crippen molar-refractivity contribution in [1.82, 2.24) is 10.0 Å². The number of carbonyl (C=O) groups excluding carboxylic acids is 2. The number of benzene rings is 1. The lowest BCUT2D eigenvalue weighted by atomic mass is 10.2. The number of sulfonamides is 1. The van der Waals surface area contributed by atoms with Crippen LogP contribution in [0.5, 0.6) is 5.75 Å². The molecule has 0 bridgehead atoms. The Bertz CT molecular complexity index is 687. The fourth-order valence-corrected chi connectivity index (χ4v) is 2.64. The monoisotopic (exact) mass is 344 g/mol. The molecule has 1 atom stereocenters. The van der Waals surface area contributed by atoms with Gasteiger partial charge in [0.05, 0.1) is 12.7 Å². The first-order chi connectivity index (χ1) is 10.8. The molecule has 9 heteroatoms. The molecule has 0 radical (unpaired) electrons. The van der Waals surface area contributed by atoms with Gasteiger partial charge in [0.1, 0.15) is 10.6 Å². The molecule has 1 amide bonds. The van der Waals surface area contributed by atoms with Crippen LogP contribution in [-0.2, 0) is 19.6 Å². The second-order valence-electron chi connectivity index (χ2n) is 4.52. The summed E-state index contributed by atoms with van der Waals surface area (Å²) in [6.07, 6.45) is -0.992. The number of likely N-dealkylation sites (N-methyl/N-ethyl adjacent to an activating group) is 1. The normalized spacial score (nSPS) is 12.3. The number of nitrogens with one attached hydrogen (secondary N) is 2. The lowest BCUT2D eigenvalue weighted by Gasteiger charge is -2.14. The van der Waals surface area contributed by atoms with Crippen LogP contribution in [0.2, 0.25) is 0 Å². The highest BCUT2D eigenvalue weighted by atomic mass is 32.2. The molecule has 0 heterocycles. The van der Waals surface area contributed by atoms with Crippen molar-refractivity contribution in [1.29, 1.82) is 0 Å². The molecule has 0 aliphatic carbocycles. The number of esters is 1. The highest BCUT2D eigenvalue weighted by Crippen LogP contribution is 2.25. The van der Waals surface area contributed by atoms with Crippen molar-refractivity contribution in [2.45, 2.75) is 24.8 Å². The largest absolute Gasteiger partial charge is 0.495 e. The van der Waals surface area contributed by atoms with Gasteiger partial charge in [-0.1, -0.05) is 0 Å². The Labute approximate surface area is 135 Å². The van der Waals surface area contributed by atoms with Crippen molar-refractivity contribution < 1.29 is 27.5 Å². The van der Waals surface area contributed by atoms with Crippen LogP contribution >= 0.6 is 0 Å². The second kappa shape index (κ2) is 7.93. The molecule has 1 aromatic carbocycles. The lowest BCUT2D eigenvalue weighted by Crippen LogP contribution is -2.35. The molecule has 0 spiro atoms. The van der Waals surface area contributed by atoms with E-state index in [0.29, 0.717) is 6.54 Å². The third-order valence-corrected chi connectivity index (χ3v) is 4.40. The summed E-state index contributed by atoms with van der Waals surface area (Å²) in [6.45, 7) is 3.58. The van der Waals surface area contributed by atoms with Crippen LogP contribution in [0.25, 0.3) is 0 Å². The van der Waals surface area contributed by atoms with Crippen LogP contribution in [0.15, 0.2) is 23.1 Å². The Morgan fingerprint density at radius 1 is 1.30 bits per heavy atom. The summed E-state index contributed by atoms with van der Waals surface area (Å²) in [5.41, 5.74) is -0.00391. The first kappa shape index (κ1) is 18.9. The van der Waals surface area contributed by atoms with Gasteiger partial charge >= 0.3 is 5.97 Å². The van der Waals surface area contributed by atoms with E-state index in [-0.39, 0.29) is 16.2 Å². The summed E-state index contributed by atoms with van der Waals surface area (Å²) in [6, 6.07) is 3.84. The van der Waals surface area contributed by atoms with Crippen molar-refractivity contribution in [3.63, 3.8) is 0 Å². The summed E-state index contributed by atoms with van der Waals surface area (Å²) in [5, 5.41) is 2.52. The third-order valence-electron chi connectivity index (χ3n) is 2.96. The van der Waals surface area contributed by atoms with Gasteiger partial charge in [0.2, 0.25) is 10.0 Å². The molecule has 1 aromatic rings.